The lowest BCUT2D eigenvalue weighted by Gasteiger charge is -2.37. The molecule has 1 aliphatic rings. The highest BCUT2D eigenvalue weighted by Crippen LogP contribution is 2.18. The van der Waals surface area contributed by atoms with Gasteiger partial charge in [0, 0.05) is 49.2 Å². The first kappa shape index (κ1) is 16.2. The molecule has 0 atom stereocenters. The highest BCUT2D eigenvalue weighted by Gasteiger charge is 2.18. The summed E-state index contributed by atoms with van der Waals surface area (Å²) in [7, 11) is 0. The maximum absolute atomic E-state index is 13.0. The van der Waals surface area contributed by atoms with Crippen LogP contribution in [0.2, 0.25) is 0 Å². The second-order valence-corrected chi connectivity index (χ2v) is 5.97. The zero-order chi connectivity index (χ0) is 16.9. The molecule has 3 rings (SSSR count). The Hall–Kier alpha value is -2.62. The van der Waals surface area contributed by atoms with E-state index in [4.69, 9.17) is 0 Å². The standard InChI is InChI=1S/C20H21FN2O/c1-16(15-20(24)17-5-3-2-4-6-17)22-11-13-23(14-12-22)19-9-7-18(21)8-10-19/h2-10,15H,11-14H2,1H3/b16-15+. The van der Waals surface area contributed by atoms with Crippen molar-refractivity contribution in [3.05, 3.63) is 77.8 Å². The lowest BCUT2D eigenvalue weighted by atomic mass is 10.1. The molecule has 0 aliphatic carbocycles. The maximum Gasteiger partial charge on any atom is 0.187 e. The number of hydrogen-bond acceptors (Lipinski definition) is 3. The molecule has 24 heavy (non-hydrogen) atoms. The number of allylic oxidation sites excluding steroid dienone is 2. The molecule has 1 fully saturated rings. The number of piperazine rings is 1. The van der Waals surface area contributed by atoms with Crippen molar-refractivity contribution in [3.8, 4) is 0 Å². The van der Waals surface area contributed by atoms with E-state index in [1.54, 1.807) is 6.08 Å². The zero-order valence-corrected chi connectivity index (χ0v) is 13.8. The Morgan fingerprint density at radius 2 is 1.58 bits per heavy atom. The summed E-state index contributed by atoms with van der Waals surface area (Å²) in [5, 5.41) is 0. The van der Waals surface area contributed by atoms with Crippen molar-refractivity contribution >= 4 is 11.5 Å². The van der Waals surface area contributed by atoms with Crippen LogP contribution in [0.25, 0.3) is 0 Å². The molecule has 0 aromatic heterocycles. The van der Waals surface area contributed by atoms with Gasteiger partial charge < -0.3 is 9.80 Å². The second-order valence-electron chi connectivity index (χ2n) is 5.97. The Morgan fingerprint density at radius 3 is 2.21 bits per heavy atom. The predicted octanol–water partition coefficient (Wildman–Crippen LogP) is 3.73. The molecular weight excluding hydrogens is 303 g/mol. The fraction of sp³-hybridized carbons (Fsp3) is 0.250. The Labute approximate surface area is 142 Å². The summed E-state index contributed by atoms with van der Waals surface area (Å²) in [5.74, 6) is -0.176. The van der Waals surface area contributed by atoms with Crippen LogP contribution in [0.1, 0.15) is 17.3 Å². The van der Waals surface area contributed by atoms with Crippen molar-refractivity contribution in [2.75, 3.05) is 31.1 Å². The van der Waals surface area contributed by atoms with Crippen LogP contribution in [0.5, 0.6) is 0 Å². The maximum atomic E-state index is 13.0. The van der Waals surface area contributed by atoms with Gasteiger partial charge in [0.05, 0.1) is 0 Å². The Morgan fingerprint density at radius 1 is 0.958 bits per heavy atom. The van der Waals surface area contributed by atoms with E-state index in [9.17, 15) is 9.18 Å². The number of nitrogens with zero attached hydrogens (tertiary/aromatic N) is 2. The largest absolute Gasteiger partial charge is 0.371 e. The highest BCUT2D eigenvalue weighted by molar-refractivity contribution is 6.04. The molecule has 124 valence electrons. The summed E-state index contributed by atoms with van der Waals surface area (Å²) in [5.41, 5.74) is 2.74. The number of ketones is 1. The summed E-state index contributed by atoms with van der Waals surface area (Å²) in [6, 6.07) is 15.9. The highest BCUT2D eigenvalue weighted by atomic mass is 19.1. The molecule has 0 N–H and O–H groups in total. The van der Waals surface area contributed by atoms with Crippen molar-refractivity contribution in [2.45, 2.75) is 6.92 Å². The third kappa shape index (κ3) is 3.82. The van der Waals surface area contributed by atoms with Gasteiger partial charge in [-0.15, -0.1) is 0 Å². The smallest absolute Gasteiger partial charge is 0.187 e. The molecule has 3 nitrogen and oxygen atoms in total. The Bertz CT molecular complexity index is 717. The number of benzene rings is 2. The van der Waals surface area contributed by atoms with E-state index in [0.717, 1.165) is 37.6 Å². The lowest BCUT2D eigenvalue weighted by molar-refractivity contribution is 0.104. The van der Waals surface area contributed by atoms with Crippen molar-refractivity contribution in [3.63, 3.8) is 0 Å². The van der Waals surface area contributed by atoms with Crippen LogP contribution in [0.15, 0.2) is 66.4 Å². The number of halogens is 1. The third-order valence-corrected chi connectivity index (χ3v) is 4.37. The minimum atomic E-state index is -0.212. The molecule has 0 saturated carbocycles. The van der Waals surface area contributed by atoms with Crippen molar-refractivity contribution in [2.24, 2.45) is 0 Å². The van der Waals surface area contributed by atoms with Crippen LogP contribution in [-0.4, -0.2) is 36.9 Å². The van der Waals surface area contributed by atoms with Gasteiger partial charge in [0.2, 0.25) is 0 Å². The first-order valence-corrected chi connectivity index (χ1v) is 8.16. The van der Waals surface area contributed by atoms with Crippen LogP contribution in [0.4, 0.5) is 10.1 Å². The quantitative estimate of drug-likeness (QED) is 0.632. The van der Waals surface area contributed by atoms with E-state index in [1.807, 2.05) is 49.4 Å². The van der Waals surface area contributed by atoms with E-state index in [2.05, 4.69) is 9.80 Å². The number of carbonyl (C=O) groups excluding carboxylic acids is 1. The number of rotatable bonds is 4. The van der Waals surface area contributed by atoms with Crippen molar-refractivity contribution < 1.29 is 9.18 Å². The van der Waals surface area contributed by atoms with Crippen LogP contribution in [0.3, 0.4) is 0 Å². The normalized spacial score (nSPS) is 15.5. The molecule has 1 saturated heterocycles. The first-order valence-electron chi connectivity index (χ1n) is 8.16. The summed E-state index contributed by atoms with van der Waals surface area (Å²) in [4.78, 5) is 16.7. The van der Waals surface area contributed by atoms with Crippen LogP contribution in [0, 0.1) is 5.82 Å². The van der Waals surface area contributed by atoms with Crippen LogP contribution in [-0.2, 0) is 0 Å². The molecule has 1 aliphatic heterocycles. The molecule has 0 amide bonds. The third-order valence-electron chi connectivity index (χ3n) is 4.37. The molecule has 1 heterocycles. The fourth-order valence-corrected chi connectivity index (χ4v) is 2.94. The SMILES string of the molecule is C/C(=C\C(=O)c1ccccc1)N1CCN(c2ccc(F)cc2)CC1. The summed E-state index contributed by atoms with van der Waals surface area (Å²) in [6.07, 6.45) is 1.71. The average molecular weight is 324 g/mol. The van der Waals surface area contributed by atoms with Gasteiger partial charge in [0.15, 0.2) is 5.78 Å². The molecule has 0 radical (unpaired) electrons. The van der Waals surface area contributed by atoms with Gasteiger partial charge >= 0.3 is 0 Å². The van der Waals surface area contributed by atoms with Gasteiger partial charge in [-0.05, 0) is 31.2 Å². The van der Waals surface area contributed by atoms with E-state index < -0.39 is 0 Å². The Balaban J connectivity index is 1.60. The molecule has 0 bridgehead atoms. The Kier molecular flexibility index (Phi) is 4.94. The van der Waals surface area contributed by atoms with Gasteiger partial charge in [-0.25, -0.2) is 4.39 Å². The predicted molar refractivity (Wildman–Crippen MR) is 94.7 cm³/mol. The zero-order valence-electron chi connectivity index (χ0n) is 13.8. The van der Waals surface area contributed by atoms with E-state index in [-0.39, 0.29) is 11.6 Å². The number of hydrogen-bond donors (Lipinski definition) is 0. The van der Waals surface area contributed by atoms with Gasteiger partial charge in [-0.2, -0.15) is 0 Å². The van der Waals surface area contributed by atoms with Gasteiger partial charge in [0.25, 0.3) is 0 Å². The van der Waals surface area contributed by atoms with E-state index >= 15 is 0 Å². The average Bonchev–Trinajstić information content (AvgIpc) is 2.63. The van der Waals surface area contributed by atoms with Gasteiger partial charge in [-0.3, -0.25) is 4.79 Å². The van der Waals surface area contributed by atoms with Gasteiger partial charge in [-0.1, -0.05) is 30.3 Å². The van der Waals surface area contributed by atoms with Gasteiger partial charge in [0.1, 0.15) is 5.82 Å². The molecule has 2 aromatic rings. The lowest BCUT2D eigenvalue weighted by Crippen LogP contribution is -2.45. The van der Waals surface area contributed by atoms with E-state index in [1.165, 1.54) is 12.1 Å². The van der Waals surface area contributed by atoms with Crippen molar-refractivity contribution in [1.82, 2.24) is 4.90 Å². The molecule has 4 heteroatoms. The number of anilines is 1. The molecule has 2 aromatic carbocycles. The van der Waals surface area contributed by atoms with Crippen LogP contribution < -0.4 is 4.90 Å². The number of carbonyl (C=O) groups is 1. The monoisotopic (exact) mass is 324 g/mol. The minimum Gasteiger partial charge on any atom is -0.371 e. The second kappa shape index (κ2) is 7.30. The summed E-state index contributed by atoms with van der Waals surface area (Å²) < 4.78 is 13.0. The molecule has 0 unspecified atom stereocenters. The molecule has 0 spiro atoms. The molecular formula is C20H21FN2O. The fourth-order valence-electron chi connectivity index (χ4n) is 2.94. The van der Waals surface area contributed by atoms with E-state index in [0.29, 0.717) is 5.56 Å². The van der Waals surface area contributed by atoms with Crippen molar-refractivity contribution in [1.29, 1.82) is 0 Å². The summed E-state index contributed by atoms with van der Waals surface area (Å²) >= 11 is 0. The van der Waals surface area contributed by atoms with Crippen LogP contribution >= 0.6 is 0 Å². The first-order chi connectivity index (χ1) is 11.6. The topological polar surface area (TPSA) is 23.6 Å². The summed E-state index contributed by atoms with van der Waals surface area (Å²) in [6.45, 7) is 5.39. The minimum absolute atomic E-state index is 0.0362.